The van der Waals surface area contributed by atoms with Gasteiger partial charge >= 0.3 is 0 Å². The number of hydrogen-bond acceptors (Lipinski definition) is 2. The van der Waals surface area contributed by atoms with E-state index < -0.39 is 5.60 Å². The summed E-state index contributed by atoms with van der Waals surface area (Å²) in [6.45, 7) is 8.22. The van der Waals surface area contributed by atoms with Crippen LogP contribution in [-0.2, 0) is 5.60 Å². The molecule has 2 aliphatic rings. The van der Waals surface area contributed by atoms with Gasteiger partial charge in [0, 0.05) is 12.5 Å². The van der Waals surface area contributed by atoms with Crippen LogP contribution in [0, 0.1) is 17.3 Å². The van der Waals surface area contributed by atoms with E-state index in [1.54, 1.807) is 0 Å². The third-order valence-electron chi connectivity index (χ3n) is 6.83. The minimum Gasteiger partial charge on any atom is -0.380 e. The van der Waals surface area contributed by atoms with Gasteiger partial charge in [-0.2, -0.15) is 0 Å². The lowest BCUT2D eigenvalue weighted by molar-refractivity contribution is 0.0386. The average molecular weight is 350 g/mol. The Hall–Kier alpha value is -1.64. The summed E-state index contributed by atoms with van der Waals surface area (Å²) in [4.78, 5) is 2.62. The molecule has 2 fully saturated rings. The first-order valence-electron chi connectivity index (χ1n) is 10.1. The highest BCUT2D eigenvalue weighted by atomic mass is 16.3. The lowest BCUT2D eigenvalue weighted by Gasteiger charge is -2.32. The summed E-state index contributed by atoms with van der Waals surface area (Å²) in [5.74, 6) is 0.757. The molecule has 4 rings (SSSR count). The predicted octanol–water partition coefficient (Wildman–Crippen LogP) is 4.68. The Labute approximate surface area is 157 Å². The Bertz CT molecular complexity index is 679. The zero-order chi connectivity index (χ0) is 18.2. The average Bonchev–Trinajstić information content (AvgIpc) is 3.24. The van der Waals surface area contributed by atoms with Crippen LogP contribution in [0.15, 0.2) is 60.7 Å². The number of hydrogen-bond donors (Lipinski definition) is 1. The van der Waals surface area contributed by atoms with Crippen LogP contribution in [-0.4, -0.2) is 29.6 Å². The molecule has 1 aliphatic heterocycles. The molecule has 2 atom stereocenters. The molecule has 0 aromatic heterocycles. The van der Waals surface area contributed by atoms with Crippen LogP contribution < -0.4 is 0 Å². The number of aliphatic hydroxyl groups is 1. The third-order valence-corrected chi connectivity index (χ3v) is 6.83. The van der Waals surface area contributed by atoms with Crippen molar-refractivity contribution in [3.05, 3.63) is 71.8 Å². The molecule has 0 unspecified atom stereocenters. The van der Waals surface area contributed by atoms with Gasteiger partial charge in [-0.05, 0) is 48.4 Å². The summed E-state index contributed by atoms with van der Waals surface area (Å²) >= 11 is 0. The maximum Gasteiger partial charge on any atom is 0.118 e. The van der Waals surface area contributed by atoms with Gasteiger partial charge in [0.05, 0.1) is 0 Å². The van der Waals surface area contributed by atoms with Gasteiger partial charge in [-0.3, -0.25) is 0 Å². The van der Waals surface area contributed by atoms with Crippen molar-refractivity contribution in [2.45, 2.75) is 38.7 Å². The van der Waals surface area contributed by atoms with Crippen LogP contribution in [0.3, 0.4) is 0 Å². The molecular weight excluding hydrogens is 318 g/mol. The van der Waals surface area contributed by atoms with Crippen molar-refractivity contribution >= 4 is 0 Å². The Kier molecular flexibility index (Phi) is 4.66. The highest BCUT2D eigenvalue weighted by Crippen LogP contribution is 2.67. The number of rotatable bonds is 5. The summed E-state index contributed by atoms with van der Waals surface area (Å²) in [5, 5.41) is 12.1. The van der Waals surface area contributed by atoms with Gasteiger partial charge in [-0.15, -0.1) is 0 Å². The molecule has 1 N–H and O–H groups in total. The SMILES string of the molecule is CC1(C)[C@@H](CN2CCCCC2)[C@H]1C(O)(c1ccccc1)c1ccccc1. The molecule has 2 aromatic rings. The smallest absolute Gasteiger partial charge is 0.118 e. The monoisotopic (exact) mass is 349 g/mol. The van der Waals surface area contributed by atoms with Gasteiger partial charge in [0.25, 0.3) is 0 Å². The quantitative estimate of drug-likeness (QED) is 0.847. The van der Waals surface area contributed by atoms with Gasteiger partial charge in [0.15, 0.2) is 0 Å². The number of benzene rings is 2. The van der Waals surface area contributed by atoms with E-state index in [9.17, 15) is 5.11 Å². The van der Waals surface area contributed by atoms with Crippen LogP contribution in [0.5, 0.6) is 0 Å². The van der Waals surface area contributed by atoms with Gasteiger partial charge < -0.3 is 10.0 Å². The Morgan fingerprint density at radius 2 is 1.38 bits per heavy atom. The van der Waals surface area contributed by atoms with Gasteiger partial charge in [-0.1, -0.05) is 80.9 Å². The van der Waals surface area contributed by atoms with Gasteiger partial charge in [0.2, 0.25) is 0 Å². The standard InChI is InChI=1S/C24H31NO/c1-23(2)21(18-25-16-10-5-11-17-25)22(23)24(26,19-12-6-3-7-13-19)20-14-8-4-9-15-20/h3-4,6-9,12-15,21-22,26H,5,10-11,16-18H2,1-2H3/t21-,22+/m0/s1. The molecule has 0 radical (unpaired) electrons. The zero-order valence-corrected chi connectivity index (χ0v) is 16.1. The summed E-state index contributed by atoms with van der Waals surface area (Å²) in [6.07, 6.45) is 4.00. The van der Waals surface area contributed by atoms with Crippen LogP contribution in [0.25, 0.3) is 0 Å². The van der Waals surface area contributed by atoms with Crippen molar-refractivity contribution in [2.75, 3.05) is 19.6 Å². The molecule has 2 nitrogen and oxygen atoms in total. The van der Waals surface area contributed by atoms with Crippen LogP contribution in [0.1, 0.15) is 44.2 Å². The van der Waals surface area contributed by atoms with E-state index in [0.717, 1.165) is 17.7 Å². The van der Waals surface area contributed by atoms with E-state index in [1.165, 1.54) is 32.4 Å². The van der Waals surface area contributed by atoms with E-state index in [4.69, 9.17) is 0 Å². The van der Waals surface area contributed by atoms with Crippen LogP contribution in [0.4, 0.5) is 0 Å². The van der Waals surface area contributed by atoms with Gasteiger partial charge in [-0.25, -0.2) is 0 Å². The second kappa shape index (κ2) is 6.83. The summed E-state index contributed by atoms with van der Waals surface area (Å²) in [6, 6.07) is 20.5. The van der Waals surface area contributed by atoms with Crippen molar-refractivity contribution < 1.29 is 5.11 Å². The van der Waals surface area contributed by atoms with E-state index in [-0.39, 0.29) is 11.3 Å². The van der Waals surface area contributed by atoms with E-state index >= 15 is 0 Å². The van der Waals surface area contributed by atoms with Crippen LogP contribution >= 0.6 is 0 Å². The minimum absolute atomic E-state index is 0.137. The normalized spacial score (nSPS) is 25.8. The Morgan fingerprint density at radius 3 is 1.88 bits per heavy atom. The topological polar surface area (TPSA) is 23.5 Å². The molecule has 1 aliphatic carbocycles. The number of piperidine rings is 1. The fourth-order valence-corrected chi connectivity index (χ4v) is 5.24. The molecule has 0 bridgehead atoms. The van der Waals surface area contributed by atoms with Gasteiger partial charge in [0.1, 0.15) is 5.60 Å². The first-order chi connectivity index (χ1) is 12.5. The van der Waals surface area contributed by atoms with Crippen LogP contribution in [0.2, 0.25) is 0 Å². The highest BCUT2D eigenvalue weighted by Gasteiger charge is 2.67. The first kappa shape index (κ1) is 17.8. The molecule has 26 heavy (non-hydrogen) atoms. The molecule has 0 spiro atoms. The fourth-order valence-electron chi connectivity index (χ4n) is 5.24. The van der Waals surface area contributed by atoms with E-state index in [1.807, 2.05) is 36.4 Å². The maximum atomic E-state index is 12.1. The van der Waals surface area contributed by atoms with Crippen molar-refractivity contribution in [3.63, 3.8) is 0 Å². The van der Waals surface area contributed by atoms with Crippen molar-refractivity contribution in [3.8, 4) is 0 Å². The summed E-state index contributed by atoms with van der Waals surface area (Å²) in [7, 11) is 0. The second-order valence-electron chi connectivity index (χ2n) is 8.77. The minimum atomic E-state index is -0.924. The fraction of sp³-hybridized carbons (Fsp3) is 0.500. The predicted molar refractivity (Wildman–Crippen MR) is 107 cm³/mol. The largest absolute Gasteiger partial charge is 0.380 e. The molecule has 1 heterocycles. The Morgan fingerprint density at radius 1 is 0.885 bits per heavy atom. The molecule has 1 saturated carbocycles. The van der Waals surface area contributed by atoms with Crippen molar-refractivity contribution in [1.29, 1.82) is 0 Å². The number of likely N-dealkylation sites (tertiary alicyclic amines) is 1. The third kappa shape index (κ3) is 3.00. The van der Waals surface area contributed by atoms with Crippen molar-refractivity contribution in [1.82, 2.24) is 4.90 Å². The molecular formula is C24H31NO. The molecule has 2 heteroatoms. The zero-order valence-electron chi connectivity index (χ0n) is 16.1. The first-order valence-corrected chi connectivity index (χ1v) is 10.1. The van der Waals surface area contributed by atoms with Crippen molar-refractivity contribution in [2.24, 2.45) is 17.3 Å². The second-order valence-corrected chi connectivity index (χ2v) is 8.77. The van der Waals surface area contributed by atoms with E-state index in [2.05, 4.69) is 43.0 Å². The lowest BCUT2D eigenvalue weighted by Crippen LogP contribution is -2.35. The maximum absolute atomic E-state index is 12.1. The molecule has 2 aromatic carbocycles. The summed E-state index contributed by atoms with van der Waals surface area (Å²) < 4.78 is 0. The Balaban J connectivity index is 1.68. The molecule has 1 saturated heterocycles. The molecule has 0 amide bonds. The number of nitrogens with zero attached hydrogens (tertiary/aromatic N) is 1. The van der Waals surface area contributed by atoms with E-state index in [0.29, 0.717) is 5.92 Å². The highest BCUT2D eigenvalue weighted by molar-refractivity contribution is 5.41. The lowest BCUT2D eigenvalue weighted by atomic mass is 9.79. The summed E-state index contributed by atoms with van der Waals surface area (Å²) in [5.41, 5.74) is 1.25. The molecule has 138 valence electrons.